The first-order valence-corrected chi connectivity index (χ1v) is 5.61. The zero-order chi connectivity index (χ0) is 14.1. The zero-order valence-electron chi connectivity index (χ0n) is 10.9. The van der Waals surface area contributed by atoms with Crippen molar-refractivity contribution in [3.05, 3.63) is 24.0 Å². The Labute approximate surface area is 106 Å². The number of phenolic OH excluding ortho intramolecular Hbond substituents is 1. The Morgan fingerprint density at radius 1 is 1.22 bits per heavy atom. The third-order valence-corrected chi connectivity index (χ3v) is 3.13. The maximum atomic E-state index is 13.5. The van der Waals surface area contributed by atoms with Gasteiger partial charge < -0.3 is 19.9 Å². The van der Waals surface area contributed by atoms with Crippen molar-refractivity contribution in [2.24, 2.45) is 0 Å². The molecule has 0 atom stereocenters. The van der Waals surface area contributed by atoms with E-state index in [0.29, 0.717) is 0 Å². The molecule has 0 saturated heterocycles. The van der Waals surface area contributed by atoms with Crippen LogP contribution in [0.4, 0.5) is 4.39 Å². The van der Waals surface area contributed by atoms with E-state index in [2.05, 4.69) is 0 Å². The van der Waals surface area contributed by atoms with E-state index in [0.717, 1.165) is 12.1 Å². The number of aromatic hydroxyl groups is 1. The van der Waals surface area contributed by atoms with Gasteiger partial charge in [0, 0.05) is 5.46 Å². The molecule has 0 unspecified atom stereocenters. The number of aliphatic hydroxyl groups is 1. The maximum absolute atomic E-state index is 13.5. The van der Waals surface area contributed by atoms with Crippen molar-refractivity contribution in [2.45, 2.75) is 38.9 Å². The highest BCUT2D eigenvalue weighted by Gasteiger charge is 2.40. The van der Waals surface area contributed by atoms with Crippen molar-refractivity contribution in [2.75, 3.05) is 0 Å². The Hall–Kier alpha value is -1.11. The summed E-state index contributed by atoms with van der Waals surface area (Å²) in [6, 6.07) is 3.29. The SMILES string of the molecule is CC(C)(O)C(C)(C)OB(O)c1cc(O)ccc1F. The summed E-state index contributed by atoms with van der Waals surface area (Å²) < 4.78 is 18.8. The molecule has 0 heterocycles. The van der Waals surface area contributed by atoms with Gasteiger partial charge in [0.15, 0.2) is 0 Å². The summed E-state index contributed by atoms with van der Waals surface area (Å²) in [5.41, 5.74) is -2.49. The molecule has 100 valence electrons. The molecule has 0 aromatic heterocycles. The van der Waals surface area contributed by atoms with Gasteiger partial charge in [0.2, 0.25) is 0 Å². The van der Waals surface area contributed by atoms with Crippen LogP contribution in [0.25, 0.3) is 0 Å². The molecular formula is C12H18BFO4. The van der Waals surface area contributed by atoms with E-state index in [1.165, 1.54) is 19.9 Å². The van der Waals surface area contributed by atoms with E-state index >= 15 is 0 Å². The van der Waals surface area contributed by atoms with Crippen LogP contribution in [0.1, 0.15) is 27.7 Å². The number of halogens is 1. The van der Waals surface area contributed by atoms with Gasteiger partial charge in [-0.3, -0.25) is 0 Å². The molecule has 0 aliphatic heterocycles. The number of rotatable bonds is 4. The Morgan fingerprint density at radius 2 is 1.78 bits per heavy atom. The lowest BCUT2D eigenvalue weighted by atomic mass is 9.76. The maximum Gasteiger partial charge on any atom is 0.494 e. The van der Waals surface area contributed by atoms with E-state index < -0.39 is 24.1 Å². The van der Waals surface area contributed by atoms with Crippen LogP contribution < -0.4 is 5.46 Å². The van der Waals surface area contributed by atoms with Crippen molar-refractivity contribution in [1.82, 2.24) is 0 Å². The monoisotopic (exact) mass is 256 g/mol. The molecule has 0 amide bonds. The molecule has 0 fully saturated rings. The lowest BCUT2D eigenvalue weighted by Gasteiger charge is -2.38. The quantitative estimate of drug-likeness (QED) is 0.696. The Balaban J connectivity index is 2.95. The molecule has 18 heavy (non-hydrogen) atoms. The minimum absolute atomic E-state index is 0.171. The summed E-state index contributed by atoms with van der Waals surface area (Å²) >= 11 is 0. The second-order valence-corrected chi connectivity index (χ2v) is 5.25. The largest absolute Gasteiger partial charge is 0.508 e. The van der Waals surface area contributed by atoms with Gasteiger partial charge in [-0.05, 0) is 45.9 Å². The van der Waals surface area contributed by atoms with Gasteiger partial charge in [-0.15, -0.1) is 0 Å². The fraction of sp³-hybridized carbons (Fsp3) is 0.500. The summed E-state index contributed by atoms with van der Waals surface area (Å²) in [4.78, 5) is 0. The average Bonchev–Trinajstić information content (AvgIpc) is 2.19. The van der Waals surface area contributed by atoms with Crippen LogP contribution in [0, 0.1) is 5.82 Å². The fourth-order valence-electron chi connectivity index (χ4n) is 1.21. The van der Waals surface area contributed by atoms with E-state index in [9.17, 15) is 19.6 Å². The van der Waals surface area contributed by atoms with Crippen molar-refractivity contribution >= 4 is 12.6 Å². The second kappa shape index (κ2) is 4.88. The standard InChI is InChI=1S/C12H18BFO4/c1-11(2,16)12(3,4)18-13(17)9-7-8(15)5-6-10(9)14/h5-7,15-17H,1-4H3. The molecule has 0 aliphatic rings. The smallest absolute Gasteiger partial charge is 0.494 e. The van der Waals surface area contributed by atoms with Crippen LogP contribution in [0.5, 0.6) is 5.75 Å². The predicted molar refractivity (Wildman–Crippen MR) is 67.1 cm³/mol. The molecule has 1 rings (SSSR count). The molecule has 0 bridgehead atoms. The van der Waals surface area contributed by atoms with Gasteiger partial charge >= 0.3 is 7.12 Å². The van der Waals surface area contributed by atoms with Gasteiger partial charge in [-0.25, -0.2) is 4.39 Å². The lowest BCUT2D eigenvalue weighted by Crippen LogP contribution is -2.53. The fourth-order valence-corrected chi connectivity index (χ4v) is 1.21. The molecule has 0 radical (unpaired) electrons. The van der Waals surface area contributed by atoms with Gasteiger partial charge in [-0.1, -0.05) is 0 Å². The van der Waals surface area contributed by atoms with Gasteiger partial charge in [0.1, 0.15) is 11.6 Å². The molecule has 6 heteroatoms. The van der Waals surface area contributed by atoms with Crippen LogP contribution in [0.3, 0.4) is 0 Å². The molecule has 0 spiro atoms. The zero-order valence-corrected chi connectivity index (χ0v) is 10.9. The first-order valence-electron chi connectivity index (χ1n) is 5.61. The van der Waals surface area contributed by atoms with E-state index in [-0.39, 0.29) is 11.2 Å². The molecular weight excluding hydrogens is 238 g/mol. The third kappa shape index (κ3) is 3.22. The molecule has 1 aromatic rings. The van der Waals surface area contributed by atoms with Crippen molar-refractivity contribution in [3.63, 3.8) is 0 Å². The topological polar surface area (TPSA) is 69.9 Å². The predicted octanol–water partition coefficient (Wildman–Crippen LogP) is 0.785. The van der Waals surface area contributed by atoms with Crippen LogP contribution in [-0.4, -0.2) is 33.6 Å². The molecule has 0 aliphatic carbocycles. The first-order chi connectivity index (χ1) is 8.04. The molecule has 0 saturated carbocycles. The van der Waals surface area contributed by atoms with E-state index in [1.807, 2.05) is 0 Å². The highest BCUT2D eigenvalue weighted by atomic mass is 19.1. The Bertz CT molecular complexity index is 429. The number of phenols is 1. The van der Waals surface area contributed by atoms with Gasteiger partial charge in [-0.2, -0.15) is 0 Å². The average molecular weight is 256 g/mol. The van der Waals surface area contributed by atoms with Crippen LogP contribution in [-0.2, 0) is 4.65 Å². The summed E-state index contributed by atoms with van der Waals surface area (Å²) in [5.74, 6) is -0.859. The third-order valence-electron chi connectivity index (χ3n) is 3.13. The van der Waals surface area contributed by atoms with E-state index in [1.54, 1.807) is 13.8 Å². The lowest BCUT2D eigenvalue weighted by molar-refractivity contribution is -0.0983. The van der Waals surface area contributed by atoms with Crippen molar-refractivity contribution in [3.8, 4) is 5.75 Å². The summed E-state index contributed by atoms with van der Waals surface area (Å²) in [6.07, 6.45) is 0. The first kappa shape index (κ1) is 15.0. The highest BCUT2D eigenvalue weighted by molar-refractivity contribution is 6.60. The molecule has 3 N–H and O–H groups in total. The summed E-state index contributed by atoms with van der Waals surface area (Å²) in [7, 11) is -1.57. The number of benzene rings is 1. The van der Waals surface area contributed by atoms with Gasteiger partial charge in [0.25, 0.3) is 0 Å². The van der Waals surface area contributed by atoms with Gasteiger partial charge in [0.05, 0.1) is 11.2 Å². The minimum atomic E-state index is -1.57. The second-order valence-electron chi connectivity index (χ2n) is 5.25. The Kier molecular flexibility index (Phi) is 4.05. The Morgan fingerprint density at radius 3 is 2.28 bits per heavy atom. The van der Waals surface area contributed by atoms with E-state index in [4.69, 9.17) is 4.65 Å². The van der Waals surface area contributed by atoms with Crippen LogP contribution in [0.15, 0.2) is 18.2 Å². The van der Waals surface area contributed by atoms with Crippen molar-refractivity contribution in [1.29, 1.82) is 0 Å². The minimum Gasteiger partial charge on any atom is -0.508 e. The highest BCUT2D eigenvalue weighted by Crippen LogP contribution is 2.25. The molecule has 4 nitrogen and oxygen atoms in total. The van der Waals surface area contributed by atoms with Crippen LogP contribution >= 0.6 is 0 Å². The normalized spacial score (nSPS) is 12.6. The summed E-state index contributed by atoms with van der Waals surface area (Å²) in [5, 5.41) is 29.0. The van der Waals surface area contributed by atoms with Crippen molar-refractivity contribution < 1.29 is 24.3 Å². The molecule has 1 aromatic carbocycles. The number of hydrogen-bond donors (Lipinski definition) is 3. The number of hydrogen-bond acceptors (Lipinski definition) is 4. The summed E-state index contributed by atoms with van der Waals surface area (Å²) in [6.45, 7) is 6.21. The van der Waals surface area contributed by atoms with Crippen LogP contribution in [0.2, 0.25) is 0 Å².